The first-order valence-electron chi connectivity index (χ1n) is 8.68. The lowest BCUT2D eigenvalue weighted by Crippen LogP contribution is -2.48. The van der Waals surface area contributed by atoms with Gasteiger partial charge in [-0.3, -0.25) is 4.79 Å². The van der Waals surface area contributed by atoms with Crippen LogP contribution in [0.15, 0.2) is 39.9 Å². The average Bonchev–Trinajstić information content (AvgIpc) is 2.68. The Labute approximate surface area is 173 Å². The second-order valence-electron chi connectivity index (χ2n) is 6.75. The second kappa shape index (κ2) is 8.02. The van der Waals surface area contributed by atoms with Crippen LogP contribution >= 0.6 is 15.9 Å². The number of carbonyl (C=O) groups is 1. The smallest absolute Gasteiger partial charge is 0.283 e. The third kappa shape index (κ3) is 3.93. The number of hydrogen-bond donors (Lipinski definition) is 2. The van der Waals surface area contributed by atoms with Crippen LogP contribution in [0.5, 0.6) is 0 Å². The van der Waals surface area contributed by atoms with Crippen molar-refractivity contribution in [1.29, 1.82) is 0 Å². The highest BCUT2D eigenvalue weighted by Crippen LogP contribution is 2.42. The first-order chi connectivity index (χ1) is 13.7. The molecule has 0 bridgehead atoms. The summed E-state index contributed by atoms with van der Waals surface area (Å²) in [5.41, 5.74) is 3.49. The molecule has 154 valence electrons. The monoisotopic (exact) mass is 470 g/mol. The highest BCUT2D eigenvalue weighted by Gasteiger charge is 2.47. The quantitative estimate of drug-likeness (QED) is 0.708. The van der Waals surface area contributed by atoms with E-state index in [2.05, 4.69) is 31.2 Å². The molecule has 1 aromatic carbocycles. The number of pyridine rings is 1. The van der Waals surface area contributed by atoms with Crippen molar-refractivity contribution in [1.82, 2.24) is 4.98 Å². The number of alkyl halides is 1. The van der Waals surface area contributed by atoms with E-state index in [0.717, 1.165) is 12.1 Å². The molecular formula is C19H18BrF3N4O2. The molecule has 0 saturated heterocycles. The molecule has 1 aromatic heterocycles. The summed E-state index contributed by atoms with van der Waals surface area (Å²) in [6.07, 6.45) is 0.836. The summed E-state index contributed by atoms with van der Waals surface area (Å²) >= 11 is 3.21. The Morgan fingerprint density at radius 2 is 2.07 bits per heavy atom. The predicted molar refractivity (Wildman–Crippen MR) is 105 cm³/mol. The van der Waals surface area contributed by atoms with Crippen LogP contribution in [0.4, 0.5) is 18.9 Å². The zero-order valence-electron chi connectivity index (χ0n) is 15.5. The summed E-state index contributed by atoms with van der Waals surface area (Å²) in [7, 11) is 0. The molecule has 10 heteroatoms. The molecule has 6 nitrogen and oxygen atoms in total. The van der Waals surface area contributed by atoms with Crippen LogP contribution in [0.3, 0.4) is 0 Å². The fourth-order valence-electron chi connectivity index (χ4n) is 3.22. The Morgan fingerprint density at radius 1 is 1.34 bits per heavy atom. The molecule has 1 aliphatic heterocycles. The zero-order valence-corrected chi connectivity index (χ0v) is 17.1. The van der Waals surface area contributed by atoms with Crippen molar-refractivity contribution in [3.8, 4) is 0 Å². The molecule has 0 saturated carbocycles. The number of nitrogens with one attached hydrogen (secondary N) is 1. The summed E-state index contributed by atoms with van der Waals surface area (Å²) in [4.78, 5) is 20.3. The van der Waals surface area contributed by atoms with Crippen molar-refractivity contribution >= 4 is 33.5 Å². The number of nitrogens with two attached hydrogens (primary N) is 1. The van der Waals surface area contributed by atoms with Crippen molar-refractivity contribution < 1.29 is 22.7 Å². The third-order valence-electron chi connectivity index (χ3n) is 4.99. The van der Waals surface area contributed by atoms with Gasteiger partial charge in [-0.05, 0) is 41.1 Å². The van der Waals surface area contributed by atoms with Crippen LogP contribution in [0, 0.1) is 17.6 Å². The summed E-state index contributed by atoms with van der Waals surface area (Å²) in [5, 5.41) is 2.45. The van der Waals surface area contributed by atoms with E-state index < -0.39 is 41.8 Å². The third-order valence-corrected chi connectivity index (χ3v) is 5.46. The first kappa shape index (κ1) is 21.1. The molecule has 3 N–H and O–H groups in total. The number of aromatic nitrogens is 1. The van der Waals surface area contributed by atoms with E-state index in [0.29, 0.717) is 4.47 Å². The van der Waals surface area contributed by atoms with E-state index in [9.17, 15) is 18.0 Å². The van der Waals surface area contributed by atoms with Crippen molar-refractivity contribution in [2.24, 2.45) is 16.6 Å². The molecule has 0 radical (unpaired) electrons. The van der Waals surface area contributed by atoms with Gasteiger partial charge in [0.15, 0.2) is 11.6 Å². The van der Waals surface area contributed by atoms with Gasteiger partial charge in [-0.1, -0.05) is 6.92 Å². The Morgan fingerprint density at radius 3 is 2.69 bits per heavy atom. The van der Waals surface area contributed by atoms with E-state index in [1.807, 2.05) is 0 Å². The molecule has 0 fully saturated rings. The number of aliphatic imine (C=N–C) groups is 1. The standard InChI is InChI=1S/C19H18BrF3N4O2/c1-9-10(2)29-18(24)27-19(9,8-21)13-5-12(6-14(22)16(13)23)26-17(28)15-4-3-11(20)7-25-15/h3-7,9-10H,8H2,1-2H3,(H2,24,27)(H,26,28)/t9-,10?,19-/m1/s1. The van der Waals surface area contributed by atoms with Crippen LogP contribution in [-0.2, 0) is 10.3 Å². The first-order valence-corrected chi connectivity index (χ1v) is 9.47. The molecule has 3 atom stereocenters. The van der Waals surface area contributed by atoms with Gasteiger partial charge in [0.05, 0.1) is 0 Å². The van der Waals surface area contributed by atoms with Crippen LogP contribution < -0.4 is 11.1 Å². The Balaban J connectivity index is 2.04. The number of amidine groups is 1. The molecule has 0 spiro atoms. The lowest BCUT2D eigenvalue weighted by Gasteiger charge is -2.40. The maximum atomic E-state index is 14.7. The summed E-state index contributed by atoms with van der Waals surface area (Å²) in [5.74, 6) is -3.82. The number of carbonyl (C=O) groups excluding carboxylic acids is 1. The highest BCUT2D eigenvalue weighted by molar-refractivity contribution is 9.10. The molecule has 2 heterocycles. The number of benzene rings is 1. The molecule has 1 amide bonds. The lowest BCUT2D eigenvalue weighted by molar-refractivity contribution is 0.0491. The molecule has 1 unspecified atom stereocenters. The second-order valence-corrected chi connectivity index (χ2v) is 7.67. The normalized spacial score (nSPS) is 23.9. The van der Waals surface area contributed by atoms with Crippen LogP contribution in [0.1, 0.15) is 29.9 Å². The van der Waals surface area contributed by atoms with Gasteiger partial charge >= 0.3 is 0 Å². The highest BCUT2D eigenvalue weighted by atomic mass is 79.9. The van der Waals surface area contributed by atoms with Crippen LogP contribution in [0.2, 0.25) is 0 Å². The molecule has 0 aliphatic carbocycles. The van der Waals surface area contributed by atoms with Crippen LogP contribution in [0.25, 0.3) is 0 Å². The minimum Gasteiger partial charge on any atom is -0.462 e. The number of halogens is 4. The number of anilines is 1. The Kier molecular flexibility index (Phi) is 5.83. The maximum absolute atomic E-state index is 14.7. The fourth-order valence-corrected chi connectivity index (χ4v) is 3.45. The van der Waals surface area contributed by atoms with E-state index >= 15 is 0 Å². The minimum atomic E-state index is -1.79. The number of rotatable bonds is 4. The van der Waals surface area contributed by atoms with Gasteiger partial charge in [-0.15, -0.1) is 0 Å². The van der Waals surface area contributed by atoms with Crippen molar-refractivity contribution in [3.63, 3.8) is 0 Å². The molecule has 3 rings (SSSR count). The predicted octanol–water partition coefficient (Wildman–Crippen LogP) is 3.91. The van der Waals surface area contributed by atoms with Gasteiger partial charge in [0.2, 0.25) is 0 Å². The maximum Gasteiger partial charge on any atom is 0.283 e. The number of ether oxygens (including phenoxy) is 1. The van der Waals surface area contributed by atoms with Crippen molar-refractivity contribution in [2.75, 3.05) is 12.0 Å². The lowest BCUT2D eigenvalue weighted by atomic mass is 9.76. The number of hydrogen-bond acceptors (Lipinski definition) is 5. The van der Waals surface area contributed by atoms with Gasteiger partial charge in [0, 0.05) is 33.9 Å². The number of amides is 1. The van der Waals surface area contributed by atoms with Crippen molar-refractivity contribution in [2.45, 2.75) is 25.5 Å². The topological polar surface area (TPSA) is 89.6 Å². The van der Waals surface area contributed by atoms with Gasteiger partial charge in [-0.2, -0.15) is 0 Å². The Hall–Kier alpha value is -2.62. The summed E-state index contributed by atoms with van der Waals surface area (Å²) in [6, 6.07) is 4.71. The number of nitrogens with zero attached hydrogens (tertiary/aromatic N) is 2. The zero-order chi connectivity index (χ0) is 21.3. The minimum absolute atomic E-state index is 0.0648. The van der Waals surface area contributed by atoms with E-state index in [1.54, 1.807) is 19.9 Å². The molecular weight excluding hydrogens is 453 g/mol. The largest absolute Gasteiger partial charge is 0.462 e. The van der Waals surface area contributed by atoms with E-state index in [1.165, 1.54) is 12.3 Å². The van der Waals surface area contributed by atoms with Crippen LogP contribution in [-0.4, -0.2) is 29.7 Å². The van der Waals surface area contributed by atoms with Gasteiger partial charge in [0.25, 0.3) is 11.9 Å². The van der Waals surface area contributed by atoms with Crippen molar-refractivity contribution in [3.05, 3.63) is 57.8 Å². The summed E-state index contributed by atoms with van der Waals surface area (Å²) < 4.78 is 49.2. The Bertz CT molecular complexity index is 971. The summed E-state index contributed by atoms with van der Waals surface area (Å²) in [6.45, 7) is 2.11. The molecule has 29 heavy (non-hydrogen) atoms. The van der Waals surface area contributed by atoms with Gasteiger partial charge < -0.3 is 15.8 Å². The molecule has 2 aromatic rings. The van der Waals surface area contributed by atoms with Gasteiger partial charge in [0.1, 0.15) is 24.0 Å². The van der Waals surface area contributed by atoms with E-state index in [-0.39, 0.29) is 23.0 Å². The molecule has 1 aliphatic rings. The SMILES string of the molecule is CC1OC(N)=N[C@@](CF)(c2cc(NC(=O)c3ccc(Br)cn3)cc(F)c2F)[C@@H]1C. The van der Waals surface area contributed by atoms with Gasteiger partial charge in [-0.25, -0.2) is 23.1 Å². The average molecular weight is 471 g/mol. The fraction of sp³-hybridized carbons (Fsp3) is 0.316. The van der Waals surface area contributed by atoms with E-state index in [4.69, 9.17) is 10.5 Å².